The summed E-state index contributed by atoms with van der Waals surface area (Å²) in [6.45, 7) is 0.433. The maximum Gasteiger partial charge on any atom is 0.133 e. The highest BCUT2D eigenvalue weighted by Gasteiger charge is 2.07. The Balaban J connectivity index is 2.13. The van der Waals surface area contributed by atoms with E-state index in [2.05, 4.69) is 15.9 Å². The first-order valence-electron chi connectivity index (χ1n) is 5.96. The highest BCUT2D eigenvalue weighted by atomic mass is 79.9. The van der Waals surface area contributed by atoms with Crippen LogP contribution >= 0.6 is 28.1 Å². The first kappa shape index (κ1) is 14.8. The molecule has 5 heteroatoms. The molecular weight excluding hydrogens is 338 g/mol. The van der Waals surface area contributed by atoms with Gasteiger partial charge < -0.3 is 15.2 Å². The Morgan fingerprint density at radius 1 is 1.20 bits per heavy atom. The molecule has 0 aliphatic rings. The first-order chi connectivity index (χ1) is 9.61. The molecule has 0 fully saturated rings. The van der Waals surface area contributed by atoms with Gasteiger partial charge >= 0.3 is 0 Å². The molecule has 20 heavy (non-hydrogen) atoms. The third kappa shape index (κ3) is 3.49. The summed E-state index contributed by atoms with van der Waals surface area (Å²) in [4.78, 5) is 0.330. The third-order valence-electron chi connectivity index (χ3n) is 2.76. The molecule has 0 aromatic heterocycles. The van der Waals surface area contributed by atoms with Crippen molar-refractivity contribution in [1.29, 1.82) is 0 Å². The van der Waals surface area contributed by atoms with E-state index in [1.54, 1.807) is 7.11 Å². The number of hydrogen-bond donors (Lipinski definition) is 1. The number of halogens is 1. The molecule has 2 N–H and O–H groups in total. The standard InChI is InChI=1S/C15H14BrNO2S/c1-18-14-7-6-10(8-12(14)16)9-19-13-5-3-2-4-11(13)15(17)20/h2-8H,9H2,1H3,(H2,17,20). The second kappa shape index (κ2) is 6.72. The Bertz CT molecular complexity index is 631. The molecule has 3 nitrogen and oxygen atoms in total. The van der Waals surface area contributed by atoms with Gasteiger partial charge in [-0.1, -0.05) is 30.4 Å². The molecule has 0 spiro atoms. The van der Waals surface area contributed by atoms with Crippen molar-refractivity contribution in [3.8, 4) is 11.5 Å². The van der Waals surface area contributed by atoms with E-state index < -0.39 is 0 Å². The van der Waals surface area contributed by atoms with Crippen LogP contribution in [0.1, 0.15) is 11.1 Å². The van der Waals surface area contributed by atoms with Crippen LogP contribution in [0.2, 0.25) is 0 Å². The molecule has 0 heterocycles. The first-order valence-corrected chi connectivity index (χ1v) is 7.16. The van der Waals surface area contributed by atoms with E-state index in [0.717, 1.165) is 21.3 Å². The monoisotopic (exact) mass is 351 g/mol. The Morgan fingerprint density at radius 3 is 2.60 bits per heavy atom. The van der Waals surface area contributed by atoms with Gasteiger partial charge in [-0.05, 0) is 45.8 Å². The number of methoxy groups -OCH3 is 1. The van der Waals surface area contributed by atoms with Crippen molar-refractivity contribution in [2.45, 2.75) is 6.61 Å². The molecule has 0 amide bonds. The fourth-order valence-corrected chi connectivity index (χ4v) is 2.51. The lowest BCUT2D eigenvalue weighted by molar-refractivity contribution is 0.305. The van der Waals surface area contributed by atoms with Gasteiger partial charge in [0.1, 0.15) is 23.1 Å². The Hall–Kier alpha value is -1.59. The molecule has 2 aromatic carbocycles. The lowest BCUT2D eigenvalue weighted by Crippen LogP contribution is -2.11. The zero-order chi connectivity index (χ0) is 14.5. The highest BCUT2D eigenvalue weighted by Crippen LogP contribution is 2.26. The topological polar surface area (TPSA) is 44.5 Å². The van der Waals surface area contributed by atoms with Gasteiger partial charge in [-0.2, -0.15) is 0 Å². The summed E-state index contributed by atoms with van der Waals surface area (Å²) in [6, 6.07) is 13.3. The summed E-state index contributed by atoms with van der Waals surface area (Å²) in [6.07, 6.45) is 0. The quantitative estimate of drug-likeness (QED) is 0.834. The van der Waals surface area contributed by atoms with Gasteiger partial charge in [-0.3, -0.25) is 0 Å². The fourth-order valence-electron chi connectivity index (χ4n) is 1.76. The molecule has 104 valence electrons. The summed E-state index contributed by atoms with van der Waals surface area (Å²) in [7, 11) is 1.63. The summed E-state index contributed by atoms with van der Waals surface area (Å²) >= 11 is 8.46. The van der Waals surface area contributed by atoms with Gasteiger partial charge in [0, 0.05) is 0 Å². The van der Waals surface area contributed by atoms with Gasteiger partial charge in [0.2, 0.25) is 0 Å². The minimum absolute atomic E-state index is 0.330. The fraction of sp³-hybridized carbons (Fsp3) is 0.133. The highest BCUT2D eigenvalue weighted by molar-refractivity contribution is 9.10. The number of hydrogen-bond acceptors (Lipinski definition) is 3. The van der Waals surface area contributed by atoms with E-state index in [4.69, 9.17) is 27.4 Å². The van der Waals surface area contributed by atoms with E-state index in [0.29, 0.717) is 17.3 Å². The van der Waals surface area contributed by atoms with E-state index in [9.17, 15) is 0 Å². The Kier molecular flexibility index (Phi) is 4.98. The minimum atomic E-state index is 0.330. The van der Waals surface area contributed by atoms with Crippen molar-refractivity contribution in [3.63, 3.8) is 0 Å². The van der Waals surface area contributed by atoms with Crippen LogP contribution < -0.4 is 15.2 Å². The normalized spacial score (nSPS) is 10.1. The largest absolute Gasteiger partial charge is 0.496 e. The molecule has 0 unspecified atom stereocenters. The lowest BCUT2D eigenvalue weighted by Gasteiger charge is -2.11. The van der Waals surface area contributed by atoms with Crippen LogP contribution in [0.4, 0.5) is 0 Å². The average molecular weight is 352 g/mol. The minimum Gasteiger partial charge on any atom is -0.496 e. The summed E-state index contributed by atoms with van der Waals surface area (Å²) < 4.78 is 11.9. The predicted molar refractivity (Wildman–Crippen MR) is 87.4 cm³/mol. The molecular formula is C15H14BrNO2S. The van der Waals surface area contributed by atoms with Crippen LogP contribution in [0.25, 0.3) is 0 Å². The van der Waals surface area contributed by atoms with Crippen molar-refractivity contribution in [1.82, 2.24) is 0 Å². The smallest absolute Gasteiger partial charge is 0.133 e. The van der Waals surface area contributed by atoms with Crippen LogP contribution in [-0.2, 0) is 6.61 Å². The second-order valence-corrected chi connectivity index (χ2v) is 5.41. The lowest BCUT2D eigenvalue weighted by atomic mass is 10.2. The number of thiocarbonyl (C=S) groups is 1. The number of benzene rings is 2. The van der Waals surface area contributed by atoms with Gasteiger partial charge in [0.05, 0.1) is 17.1 Å². The number of nitrogens with two attached hydrogens (primary N) is 1. The summed E-state index contributed by atoms with van der Waals surface area (Å²) in [5, 5.41) is 0. The van der Waals surface area contributed by atoms with Crippen molar-refractivity contribution in [3.05, 3.63) is 58.1 Å². The van der Waals surface area contributed by atoms with E-state index in [1.165, 1.54) is 0 Å². The van der Waals surface area contributed by atoms with Crippen molar-refractivity contribution >= 4 is 33.1 Å². The van der Waals surface area contributed by atoms with Gasteiger partial charge in [-0.25, -0.2) is 0 Å². The molecule has 0 radical (unpaired) electrons. The van der Waals surface area contributed by atoms with Crippen LogP contribution in [0.15, 0.2) is 46.9 Å². The molecule has 2 aromatic rings. The molecule has 2 rings (SSSR count). The molecule has 0 atom stereocenters. The van der Waals surface area contributed by atoms with E-state index in [-0.39, 0.29) is 0 Å². The zero-order valence-electron chi connectivity index (χ0n) is 10.9. The molecule has 0 aliphatic heterocycles. The van der Waals surface area contributed by atoms with Gasteiger partial charge in [-0.15, -0.1) is 0 Å². The second-order valence-electron chi connectivity index (χ2n) is 4.12. The van der Waals surface area contributed by atoms with Crippen LogP contribution in [-0.4, -0.2) is 12.1 Å². The number of para-hydroxylation sites is 1. The number of ether oxygens (including phenoxy) is 2. The van der Waals surface area contributed by atoms with E-state index >= 15 is 0 Å². The predicted octanol–water partition coefficient (Wildman–Crippen LogP) is 3.67. The molecule has 0 saturated heterocycles. The Morgan fingerprint density at radius 2 is 1.95 bits per heavy atom. The summed E-state index contributed by atoms with van der Waals surface area (Å²) in [5.74, 6) is 1.48. The maximum atomic E-state index is 5.78. The molecule has 0 aliphatic carbocycles. The van der Waals surface area contributed by atoms with Crippen molar-refractivity contribution in [2.75, 3.05) is 7.11 Å². The number of rotatable bonds is 5. The van der Waals surface area contributed by atoms with Gasteiger partial charge in [0.25, 0.3) is 0 Å². The van der Waals surface area contributed by atoms with Crippen molar-refractivity contribution in [2.24, 2.45) is 5.73 Å². The van der Waals surface area contributed by atoms with Crippen molar-refractivity contribution < 1.29 is 9.47 Å². The Labute approximate surface area is 131 Å². The summed E-state index contributed by atoms with van der Waals surface area (Å²) in [5.41, 5.74) is 7.44. The third-order valence-corrected chi connectivity index (χ3v) is 3.60. The van der Waals surface area contributed by atoms with Crippen LogP contribution in [0, 0.1) is 0 Å². The average Bonchev–Trinajstić information content (AvgIpc) is 2.45. The van der Waals surface area contributed by atoms with Gasteiger partial charge in [0.15, 0.2) is 0 Å². The van der Waals surface area contributed by atoms with E-state index in [1.807, 2.05) is 42.5 Å². The molecule has 0 saturated carbocycles. The molecule has 0 bridgehead atoms. The van der Waals surface area contributed by atoms with Crippen LogP contribution in [0.3, 0.4) is 0 Å². The SMILES string of the molecule is COc1ccc(COc2ccccc2C(N)=S)cc1Br. The zero-order valence-corrected chi connectivity index (χ0v) is 13.3. The van der Waals surface area contributed by atoms with Crippen LogP contribution in [0.5, 0.6) is 11.5 Å². The maximum absolute atomic E-state index is 5.78.